The van der Waals surface area contributed by atoms with E-state index in [-0.39, 0.29) is 17.6 Å². The fraction of sp³-hybridized carbons (Fsp3) is 0.538. The third kappa shape index (κ3) is 3.23. The second kappa shape index (κ2) is 5.56. The van der Waals surface area contributed by atoms with E-state index >= 15 is 0 Å². The first-order valence-corrected chi connectivity index (χ1v) is 5.87. The Kier molecular flexibility index (Phi) is 4.07. The van der Waals surface area contributed by atoms with Gasteiger partial charge in [-0.25, -0.2) is 8.78 Å². The van der Waals surface area contributed by atoms with E-state index in [0.29, 0.717) is 18.1 Å². The first kappa shape index (κ1) is 12.5. The SMILES string of the molecule is COCCNCC1CC1c1cc(F)ccc1F. The van der Waals surface area contributed by atoms with Gasteiger partial charge in [0.2, 0.25) is 0 Å². The summed E-state index contributed by atoms with van der Waals surface area (Å²) in [4.78, 5) is 0. The van der Waals surface area contributed by atoms with Crippen molar-refractivity contribution < 1.29 is 13.5 Å². The van der Waals surface area contributed by atoms with Gasteiger partial charge in [0.1, 0.15) is 11.6 Å². The van der Waals surface area contributed by atoms with Crippen molar-refractivity contribution in [2.24, 2.45) is 5.92 Å². The summed E-state index contributed by atoms with van der Waals surface area (Å²) in [5, 5.41) is 3.24. The molecule has 0 radical (unpaired) electrons. The number of halogens is 2. The number of hydrogen-bond acceptors (Lipinski definition) is 2. The first-order chi connectivity index (χ1) is 8.22. The van der Waals surface area contributed by atoms with Gasteiger partial charge in [-0.2, -0.15) is 0 Å². The summed E-state index contributed by atoms with van der Waals surface area (Å²) in [5.41, 5.74) is 0.517. The molecule has 2 nitrogen and oxygen atoms in total. The van der Waals surface area contributed by atoms with E-state index in [1.54, 1.807) is 7.11 Å². The summed E-state index contributed by atoms with van der Waals surface area (Å²) in [6.07, 6.45) is 0.931. The summed E-state index contributed by atoms with van der Waals surface area (Å²) >= 11 is 0. The predicted octanol–water partition coefficient (Wildman–Crippen LogP) is 2.30. The van der Waals surface area contributed by atoms with E-state index in [2.05, 4.69) is 5.32 Å². The van der Waals surface area contributed by atoms with Gasteiger partial charge in [-0.05, 0) is 48.6 Å². The lowest BCUT2D eigenvalue weighted by molar-refractivity contribution is 0.199. The fourth-order valence-corrected chi connectivity index (χ4v) is 2.11. The highest BCUT2D eigenvalue weighted by atomic mass is 19.1. The highest BCUT2D eigenvalue weighted by molar-refractivity contribution is 5.28. The second-order valence-electron chi connectivity index (χ2n) is 4.47. The fourth-order valence-electron chi connectivity index (χ4n) is 2.11. The molecule has 0 amide bonds. The molecule has 1 saturated carbocycles. The van der Waals surface area contributed by atoms with E-state index < -0.39 is 0 Å². The van der Waals surface area contributed by atoms with Crippen molar-refractivity contribution in [1.82, 2.24) is 5.32 Å². The molecular formula is C13H17F2NO. The number of ether oxygens (including phenoxy) is 1. The molecule has 0 aliphatic heterocycles. The maximum Gasteiger partial charge on any atom is 0.126 e. The van der Waals surface area contributed by atoms with Gasteiger partial charge in [0.05, 0.1) is 6.61 Å². The Morgan fingerprint density at radius 3 is 3.00 bits per heavy atom. The summed E-state index contributed by atoms with van der Waals surface area (Å²) < 4.78 is 31.4. The lowest BCUT2D eigenvalue weighted by Crippen LogP contribution is -2.21. The summed E-state index contributed by atoms with van der Waals surface area (Å²) in [6, 6.07) is 3.68. The Morgan fingerprint density at radius 2 is 2.24 bits per heavy atom. The normalized spacial score (nSPS) is 22.8. The van der Waals surface area contributed by atoms with E-state index in [9.17, 15) is 8.78 Å². The molecule has 94 valence electrons. The van der Waals surface area contributed by atoms with Crippen molar-refractivity contribution in [1.29, 1.82) is 0 Å². The molecule has 0 spiro atoms. The molecule has 0 aromatic heterocycles. The van der Waals surface area contributed by atoms with Gasteiger partial charge in [-0.15, -0.1) is 0 Å². The van der Waals surface area contributed by atoms with Gasteiger partial charge in [-0.3, -0.25) is 0 Å². The zero-order chi connectivity index (χ0) is 12.3. The molecule has 0 bridgehead atoms. The zero-order valence-corrected chi connectivity index (χ0v) is 9.88. The van der Waals surface area contributed by atoms with Gasteiger partial charge in [-0.1, -0.05) is 0 Å². The van der Waals surface area contributed by atoms with Crippen LogP contribution < -0.4 is 5.32 Å². The quantitative estimate of drug-likeness (QED) is 0.772. The van der Waals surface area contributed by atoms with Crippen LogP contribution >= 0.6 is 0 Å². The van der Waals surface area contributed by atoms with Crippen LogP contribution in [0.25, 0.3) is 0 Å². The van der Waals surface area contributed by atoms with Crippen molar-refractivity contribution in [3.05, 3.63) is 35.4 Å². The van der Waals surface area contributed by atoms with Crippen LogP contribution in [0.2, 0.25) is 0 Å². The predicted molar refractivity (Wildman–Crippen MR) is 62.0 cm³/mol. The topological polar surface area (TPSA) is 21.3 Å². The van der Waals surface area contributed by atoms with Crippen molar-refractivity contribution >= 4 is 0 Å². The molecule has 1 aromatic rings. The maximum atomic E-state index is 13.5. The van der Waals surface area contributed by atoms with Crippen molar-refractivity contribution in [3.8, 4) is 0 Å². The number of methoxy groups -OCH3 is 1. The number of benzene rings is 1. The lowest BCUT2D eigenvalue weighted by atomic mass is 10.1. The third-order valence-electron chi connectivity index (χ3n) is 3.17. The minimum atomic E-state index is -0.362. The molecule has 17 heavy (non-hydrogen) atoms. The van der Waals surface area contributed by atoms with E-state index in [0.717, 1.165) is 25.6 Å². The molecule has 2 atom stereocenters. The van der Waals surface area contributed by atoms with Crippen LogP contribution in [0.5, 0.6) is 0 Å². The van der Waals surface area contributed by atoms with Crippen LogP contribution in [0.1, 0.15) is 17.9 Å². The minimum Gasteiger partial charge on any atom is -0.383 e. The molecule has 1 fully saturated rings. The Labute approximate surface area is 100.0 Å². The molecule has 1 aliphatic carbocycles. The van der Waals surface area contributed by atoms with Crippen LogP contribution in [0.15, 0.2) is 18.2 Å². The van der Waals surface area contributed by atoms with Gasteiger partial charge >= 0.3 is 0 Å². The molecule has 2 rings (SSSR count). The standard InChI is InChI=1S/C13H17F2NO/c1-17-5-4-16-8-9-6-11(9)12-7-10(14)2-3-13(12)15/h2-3,7,9,11,16H,4-6,8H2,1H3. The van der Waals surface area contributed by atoms with Crippen LogP contribution in [0.4, 0.5) is 8.78 Å². The van der Waals surface area contributed by atoms with Gasteiger partial charge in [0.25, 0.3) is 0 Å². The highest BCUT2D eigenvalue weighted by Crippen LogP contribution is 2.47. The average molecular weight is 241 g/mol. The average Bonchev–Trinajstić information content (AvgIpc) is 3.07. The smallest absolute Gasteiger partial charge is 0.126 e. The first-order valence-electron chi connectivity index (χ1n) is 5.87. The number of hydrogen-bond donors (Lipinski definition) is 1. The zero-order valence-electron chi connectivity index (χ0n) is 9.88. The summed E-state index contributed by atoms with van der Waals surface area (Å²) in [7, 11) is 1.66. The monoisotopic (exact) mass is 241 g/mol. The second-order valence-corrected chi connectivity index (χ2v) is 4.47. The molecule has 2 unspecified atom stereocenters. The molecule has 0 saturated heterocycles. The van der Waals surface area contributed by atoms with Crippen LogP contribution in [0, 0.1) is 17.6 Å². The Morgan fingerprint density at radius 1 is 1.41 bits per heavy atom. The molecule has 4 heteroatoms. The minimum absolute atomic E-state index is 0.167. The van der Waals surface area contributed by atoms with Gasteiger partial charge in [0, 0.05) is 13.7 Å². The van der Waals surface area contributed by atoms with Gasteiger partial charge < -0.3 is 10.1 Å². The van der Waals surface area contributed by atoms with E-state index in [1.165, 1.54) is 12.1 Å². The Hall–Kier alpha value is -1.00. The van der Waals surface area contributed by atoms with Crippen molar-refractivity contribution in [2.45, 2.75) is 12.3 Å². The Bertz CT molecular complexity index is 384. The molecule has 1 N–H and O–H groups in total. The highest BCUT2D eigenvalue weighted by Gasteiger charge is 2.39. The Balaban J connectivity index is 1.83. The number of rotatable bonds is 6. The van der Waals surface area contributed by atoms with Crippen LogP contribution in [-0.2, 0) is 4.74 Å². The van der Waals surface area contributed by atoms with Crippen LogP contribution in [-0.4, -0.2) is 26.8 Å². The molecular weight excluding hydrogens is 224 g/mol. The van der Waals surface area contributed by atoms with E-state index in [1.807, 2.05) is 0 Å². The van der Waals surface area contributed by atoms with Crippen molar-refractivity contribution in [2.75, 3.05) is 26.8 Å². The third-order valence-corrected chi connectivity index (χ3v) is 3.17. The van der Waals surface area contributed by atoms with Crippen LogP contribution in [0.3, 0.4) is 0 Å². The molecule has 1 aromatic carbocycles. The van der Waals surface area contributed by atoms with E-state index in [4.69, 9.17) is 4.74 Å². The molecule has 1 aliphatic rings. The number of nitrogens with one attached hydrogen (secondary N) is 1. The molecule has 0 heterocycles. The summed E-state index contributed by atoms with van der Waals surface area (Å²) in [5.74, 6) is -0.0703. The van der Waals surface area contributed by atoms with Crippen molar-refractivity contribution in [3.63, 3.8) is 0 Å². The van der Waals surface area contributed by atoms with Gasteiger partial charge in [0.15, 0.2) is 0 Å². The summed E-state index contributed by atoms with van der Waals surface area (Å²) in [6.45, 7) is 2.31. The maximum absolute atomic E-state index is 13.5. The largest absolute Gasteiger partial charge is 0.383 e. The lowest BCUT2D eigenvalue weighted by Gasteiger charge is -2.04.